The summed E-state index contributed by atoms with van der Waals surface area (Å²) in [6, 6.07) is 4.53. The molecule has 0 spiro atoms. The summed E-state index contributed by atoms with van der Waals surface area (Å²) in [7, 11) is -3.74. The molecular weight excluding hydrogens is 354 g/mol. The topological polar surface area (TPSA) is 93.6 Å². The minimum Gasteiger partial charge on any atom is -0.478 e. The molecule has 0 aromatic carbocycles. The Morgan fingerprint density at radius 3 is 2.23 bits per heavy atom. The third kappa shape index (κ3) is 13.7. The summed E-state index contributed by atoms with van der Waals surface area (Å²) in [4.78, 5) is 12.9. The highest BCUT2D eigenvalue weighted by molar-refractivity contribution is 7.86. The van der Waals surface area contributed by atoms with Gasteiger partial charge in [-0.1, -0.05) is 56.9 Å². The third-order valence-corrected chi connectivity index (χ3v) is 3.84. The quantitative estimate of drug-likeness (QED) is 0.308. The first kappa shape index (κ1) is 25.6. The van der Waals surface area contributed by atoms with E-state index in [9.17, 15) is 13.2 Å². The number of carboxylic acids is 1. The number of hydrogen-bond acceptors (Lipinski definition) is 5. The Morgan fingerprint density at radius 1 is 1.31 bits per heavy atom. The predicted molar refractivity (Wildman–Crippen MR) is 104 cm³/mol. The summed E-state index contributed by atoms with van der Waals surface area (Å²) in [6.07, 6.45) is 6.66. The molecule has 0 aliphatic rings. The van der Waals surface area contributed by atoms with Gasteiger partial charge in [-0.25, -0.2) is 9.78 Å². The van der Waals surface area contributed by atoms with Crippen LogP contribution in [0, 0.1) is 0 Å². The van der Waals surface area contributed by atoms with Gasteiger partial charge in [0.05, 0.1) is 6.26 Å². The highest BCUT2D eigenvalue weighted by Gasteiger charge is 2.14. The van der Waals surface area contributed by atoms with Crippen LogP contribution in [0.1, 0.15) is 33.1 Å². The van der Waals surface area contributed by atoms with Crippen LogP contribution in [0.5, 0.6) is 0 Å². The van der Waals surface area contributed by atoms with Crippen LogP contribution in [-0.4, -0.2) is 24.5 Å². The second-order valence-corrected chi connectivity index (χ2v) is 6.43. The molecule has 144 valence electrons. The highest BCUT2D eigenvalue weighted by Crippen LogP contribution is 2.11. The van der Waals surface area contributed by atoms with E-state index in [1.807, 2.05) is 6.92 Å². The Bertz CT molecular complexity index is 694. The van der Waals surface area contributed by atoms with Crippen molar-refractivity contribution in [1.29, 1.82) is 0 Å². The molecule has 1 aromatic rings. The normalized spacial score (nSPS) is 9.31. The number of aromatic nitrogens is 1. The maximum absolute atomic E-state index is 11.1. The van der Waals surface area contributed by atoms with Crippen molar-refractivity contribution in [3.8, 4) is 0 Å². The fourth-order valence-electron chi connectivity index (χ4n) is 1.24. The monoisotopic (exact) mass is 381 g/mol. The first-order valence-corrected chi connectivity index (χ1v) is 9.17. The molecule has 0 atom stereocenters. The third-order valence-electron chi connectivity index (χ3n) is 2.70. The second kappa shape index (κ2) is 14.7. The summed E-state index contributed by atoms with van der Waals surface area (Å²) >= 11 is 0. The van der Waals surface area contributed by atoms with Crippen LogP contribution in [0.2, 0.25) is 0 Å². The van der Waals surface area contributed by atoms with Gasteiger partial charge in [0, 0.05) is 12.3 Å². The molecule has 0 bridgehead atoms. The molecule has 0 saturated heterocycles. The molecule has 1 N–H and O–H groups in total. The lowest BCUT2D eigenvalue weighted by molar-refractivity contribution is -0.131. The van der Waals surface area contributed by atoms with Crippen LogP contribution in [0.3, 0.4) is 0 Å². The van der Waals surface area contributed by atoms with E-state index in [-0.39, 0.29) is 5.03 Å². The number of unbranched alkanes of at least 4 members (excludes halogenated alkanes) is 1. The summed E-state index contributed by atoms with van der Waals surface area (Å²) < 4.78 is 26.4. The second-order valence-electron chi connectivity index (χ2n) is 4.91. The van der Waals surface area contributed by atoms with Gasteiger partial charge in [-0.05, 0) is 31.9 Å². The van der Waals surface area contributed by atoms with Crippen molar-refractivity contribution in [3.63, 3.8) is 0 Å². The average molecular weight is 381 g/mol. The Labute approximate surface area is 156 Å². The zero-order valence-corrected chi connectivity index (χ0v) is 16.2. The molecule has 0 fully saturated rings. The number of allylic oxidation sites excluding steroid dienone is 2. The van der Waals surface area contributed by atoms with E-state index in [2.05, 4.69) is 42.4 Å². The smallest absolute Gasteiger partial charge is 0.356 e. The molecule has 0 saturated carbocycles. The van der Waals surface area contributed by atoms with Crippen LogP contribution < -0.4 is 0 Å². The Balaban J connectivity index is 0. The van der Waals surface area contributed by atoms with Gasteiger partial charge in [-0.15, -0.1) is 0 Å². The van der Waals surface area contributed by atoms with Gasteiger partial charge in [0.1, 0.15) is 0 Å². The molecule has 0 radical (unpaired) electrons. The molecule has 1 aromatic heterocycles. The number of nitrogens with zero attached hydrogens (tertiary/aromatic N) is 1. The molecule has 26 heavy (non-hydrogen) atoms. The Kier molecular flexibility index (Phi) is 14.4. The summed E-state index contributed by atoms with van der Waals surface area (Å²) in [6.45, 7) is 18.0. The standard InChI is InChI=1S/C9H16.C7H7NO3S.C3H4O2/c1-5-6-7-9(4)8(2)3;1-2-11-12(9,10)7-5-3-4-6-8-7;1-2-3(4)5/h2,4-7H2,1,3H3;2-6H,1H2;2H,1H2,(H,4,5). The number of aliphatic carboxylic acids is 1. The maximum atomic E-state index is 11.1. The van der Waals surface area contributed by atoms with Crippen LogP contribution in [0.15, 0.2) is 79.2 Å². The van der Waals surface area contributed by atoms with Crippen molar-refractivity contribution >= 4 is 16.1 Å². The van der Waals surface area contributed by atoms with Gasteiger partial charge < -0.3 is 9.29 Å². The highest BCUT2D eigenvalue weighted by atomic mass is 32.2. The maximum Gasteiger partial charge on any atom is 0.356 e. The van der Waals surface area contributed by atoms with Gasteiger partial charge in [0.2, 0.25) is 0 Å². The van der Waals surface area contributed by atoms with Crippen molar-refractivity contribution in [1.82, 2.24) is 4.98 Å². The van der Waals surface area contributed by atoms with Gasteiger partial charge in [-0.2, -0.15) is 8.42 Å². The van der Waals surface area contributed by atoms with E-state index in [0.717, 1.165) is 24.3 Å². The lowest BCUT2D eigenvalue weighted by Crippen LogP contribution is -2.03. The lowest BCUT2D eigenvalue weighted by atomic mass is 10.1. The summed E-state index contributed by atoms with van der Waals surface area (Å²) in [5, 5.41) is 7.48. The number of carbonyl (C=O) groups is 1. The van der Waals surface area contributed by atoms with E-state index in [0.29, 0.717) is 0 Å². The zero-order valence-electron chi connectivity index (χ0n) is 15.3. The van der Waals surface area contributed by atoms with E-state index >= 15 is 0 Å². The molecule has 1 rings (SSSR count). The van der Waals surface area contributed by atoms with Crippen molar-refractivity contribution in [2.24, 2.45) is 0 Å². The molecule has 0 aliphatic carbocycles. The number of hydrogen-bond donors (Lipinski definition) is 1. The van der Waals surface area contributed by atoms with Gasteiger partial charge in [0.25, 0.3) is 0 Å². The molecule has 0 amide bonds. The first-order chi connectivity index (χ1) is 12.1. The summed E-state index contributed by atoms with van der Waals surface area (Å²) in [5.41, 5.74) is 2.33. The molecular formula is C19H27NO5S. The van der Waals surface area contributed by atoms with E-state index in [1.165, 1.54) is 30.7 Å². The van der Waals surface area contributed by atoms with Crippen LogP contribution >= 0.6 is 0 Å². The van der Waals surface area contributed by atoms with Crippen molar-refractivity contribution in [2.75, 3.05) is 0 Å². The number of pyridine rings is 1. The van der Waals surface area contributed by atoms with Crippen molar-refractivity contribution in [3.05, 3.63) is 74.2 Å². The van der Waals surface area contributed by atoms with E-state index in [1.54, 1.807) is 12.1 Å². The Hall–Kier alpha value is -2.67. The Morgan fingerprint density at radius 2 is 1.88 bits per heavy atom. The van der Waals surface area contributed by atoms with E-state index < -0.39 is 16.1 Å². The molecule has 0 aliphatic heterocycles. The fourth-order valence-corrected chi connectivity index (χ4v) is 1.95. The van der Waals surface area contributed by atoms with Crippen molar-refractivity contribution < 1.29 is 22.5 Å². The van der Waals surface area contributed by atoms with Crippen LogP contribution in [0.25, 0.3) is 0 Å². The van der Waals surface area contributed by atoms with Crippen LogP contribution in [0.4, 0.5) is 0 Å². The lowest BCUT2D eigenvalue weighted by Gasteiger charge is -2.01. The van der Waals surface area contributed by atoms with Gasteiger partial charge in [-0.3, -0.25) is 0 Å². The SMILES string of the molecule is C=C(C)C(=C)CCCC.C=CC(=O)O.C=COS(=O)(=O)c1ccccn1. The predicted octanol–water partition coefficient (Wildman–Crippen LogP) is 4.50. The molecule has 7 heteroatoms. The largest absolute Gasteiger partial charge is 0.478 e. The fraction of sp³-hybridized carbons (Fsp3) is 0.263. The first-order valence-electron chi connectivity index (χ1n) is 7.76. The molecule has 1 heterocycles. The average Bonchev–Trinajstić information content (AvgIpc) is 2.61. The number of rotatable bonds is 8. The minimum absolute atomic E-state index is 0.120. The van der Waals surface area contributed by atoms with Crippen molar-refractivity contribution in [2.45, 2.75) is 38.1 Å². The summed E-state index contributed by atoms with van der Waals surface area (Å²) in [5.74, 6) is -0.981. The minimum atomic E-state index is -3.74. The van der Waals surface area contributed by atoms with Gasteiger partial charge in [0.15, 0.2) is 5.03 Å². The number of carboxylic acid groups (broad SMARTS) is 1. The molecule has 0 unspecified atom stereocenters. The van der Waals surface area contributed by atoms with Gasteiger partial charge >= 0.3 is 16.1 Å². The van der Waals surface area contributed by atoms with E-state index in [4.69, 9.17) is 5.11 Å². The van der Waals surface area contributed by atoms with Crippen LogP contribution in [-0.2, 0) is 19.1 Å². The molecule has 6 nitrogen and oxygen atoms in total. The zero-order chi connectivity index (χ0) is 20.6.